The maximum Gasteiger partial charge on any atom is 0.233 e. The quantitative estimate of drug-likeness (QED) is 0.777. The van der Waals surface area contributed by atoms with Crippen LogP contribution in [0.4, 0.5) is 5.82 Å². The van der Waals surface area contributed by atoms with Gasteiger partial charge in [-0.25, -0.2) is 4.98 Å². The molecule has 6 heteroatoms. The molecule has 1 aromatic carbocycles. The highest BCUT2D eigenvalue weighted by Crippen LogP contribution is 2.52. The third-order valence-corrected chi connectivity index (χ3v) is 6.48. The monoisotopic (exact) mass is 441 g/mol. The lowest BCUT2D eigenvalue weighted by Crippen LogP contribution is -2.47. The van der Waals surface area contributed by atoms with Crippen molar-refractivity contribution in [2.24, 2.45) is 5.92 Å². The molecule has 1 saturated heterocycles. The van der Waals surface area contributed by atoms with E-state index in [-0.39, 0.29) is 17.7 Å². The van der Waals surface area contributed by atoms with E-state index in [4.69, 9.17) is 0 Å². The molecule has 0 bridgehead atoms. The number of nitrogens with zero attached hydrogens (tertiary/aromatic N) is 2. The van der Waals surface area contributed by atoms with E-state index in [0.717, 1.165) is 47.8 Å². The molecule has 146 valence electrons. The van der Waals surface area contributed by atoms with Crippen molar-refractivity contribution in [3.63, 3.8) is 0 Å². The van der Waals surface area contributed by atoms with Crippen molar-refractivity contribution in [3.05, 3.63) is 58.2 Å². The van der Waals surface area contributed by atoms with Gasteiger partial charge < -0.3 is 10.2 Å². The average Bonchev–Trinajstić information content (AvgIpc) is 3.51. The standard InChI is InChI=1S/C22H24BrN3O2/c1-15-8-9-19(24-13-15)25-20(27)16-5-4-12-26(14-16)21(28)22(10-11-22)17-6-2-3-7-18(17)23/h2-3,6-9,13,16H,4-5,10-12,14H2,1H3,(H,24,25,27). The third kappa shape index (κ3) is 3.70. The summed E-state index contributed by atoms with van der Waals surface area (Å²) in [4.78, 5) is 32.2. The summed E-state index contributed by atoms with van der Waals surface area (Å²) in [6, 6.07) is 11.7. The maximum atomic E-state index is 13.4. The van der Waals surface area contributed by atoms with E-state index in [0.29, 0.717) is 12.4 Å². The van der Waals surface area contributed by atoms with Gasteiger partial charge in [0, 0.05) is 23.8 Å². The van der Waals surface area contributed by atoms with Gasteiger partial charge in [-0.3, -0.25) is 9.59 Å². The molecule has 1 unspecified atom stereocenters. The van der Waals surface area contributed by atoms with Crippen LogP contribution in [0.25, 0.3) is 0 Å². The summed E-state index contributed by atoms with van der Waals surface area (Å²) in [6.07, 6.45) is 5.12. The summed E-state index contributed by atoms with van der Waals surface area (Å²) in [5.74, 6) is 0.465. The van der Waals surface area contributed by atoms with Gasteiger partial charge in [-0.1, -0.05) is 40.2 Å². The topological polar surface area (TPSA) is 62.3 Å². The smallest absolute Gasteiger partial charge is 0.233 e. The van der Waals surface area contributed by atoms with Crippen LogP contribution in [0.15, 0.2) is 47.1 Å². The normalized spacial score (nSPS) is 20.5. The van der Waals surface area contributed by atoms with Crippen LogP contribution >= 0.6 is 15.9 Å². The molecule has 2 aliphatic rings. The molecule has 0 spiro atoms. The fourth-order valence-electron chi connectivity index (χ4n) is 4.02. The highest BCUT2D eigenvalue weighted by molar-refractivity contribution is 9.10. The Morgan fingerprint density at radius 3 is 2.68 bits per heavy atom. The number of hydrogen-bond acceptors (Lipinski definition) is 3. The lowest BCUT2D eigenvalue weighted by molar-refractivity contribution is -0.137. The number of pyridine rings is 1. The van der Waals surface area contributed by atoms with E-state index in [9.17, 15) is 9.59 Å². The van der Waals surface area contributed by atoms with Gasteiger partial charge in [0.25, 0.3) is 0 Å². The van der Waals surface area contributed by atoms with E-state index in [1.165, 1.54) is 0 Å². The number of halogens is 1. The zero-order valence-electron chi connectivity index (χ0n) is 16.0. The first-order valence-corrected chi connectivity index (χ1v) is 10.6. The molecule has 2 aromatic rings. The number of amides is 2. The van der Waals surface area contributed by atoms with Gasteiger partial charge in [-0.05, 0) is 55.9 Å². The number of hydrogen-bond donors (Lipinski definition) is 1. The number of carbonyl (C=O) groups excluding carboxylic acids is 2. The van der Waals surface area contributed by atoms with E-state index in [1.54, 1.807) is 6.20 Å². The molecular formula is C22H24BrN3O2. The second-order valence-corrected chi connectivity index (χ2v) is 8.72. The van der Waals surface area contributed by atoms with Crippen LogP contribution in [0, 0.1) is 12.8 Å². The molecule has 4 rings (SSSR count). The van der Waals surface area contributed by atoms with E-state index in [1.807, 2.05) is 48.2 Å². The van der Waals surface area contributed by atoms with Gasteiger partial charge in [0.15, 0.2) is 0 Å². The van der Waals surface area contributed by atoms with E-state index in [2.05, 4.69) is 26.2 Å². The third-order valence-electron chi connectivity index (χ3n) is 5.79. The Labute approximate surface area is 173 Å². The predicted octanol–water partition coefficient (Wildman–Crippen LogP) is 4.06. The number of carbonyl (C=O) groups is 2. The van der Waals surface area contributed by atoms with Crippen molar-refractivity contribution in [3.8, 4) is 0 Å². The Kier molecular flexibility index (Phi) is 5.23. The Morgan fingerprint density at radius 2 is 2.00 bits per heavy atom. The Balaban J connectivity index is 1.45. The molecule has 1 aromatic heterocycles. The molecule has 1 N–H and O–H groups in total. The molecule has 2 amide bonds. The minimum Gasteiger partial charge on any atom is -0.341 e. The maximum absolute atomic E-state index is 13.4. The zero-order valence-corrected chi connectivity index (χ0v) is 17.5. The number of rotatable bonds is 4. The molecule has 1 aliphatic carbocycles. The predicted molar refractivity (Wildman–Crippen MR) is 112 cm³/mol. The molecule has 5 nitrogen and oxygen atoms in total. The van der Waals surface area contributed by atoms with Crippen molar-refractivity contribution >= 4 is 33.6 Å². The van der Waals surface area contributed by atoms with Gasteiger partial charge in [-0.2, -0.15) is 0 Å². The van der Waals surface area contributed by atoms with Crippen LogP contribution in [0.5, 0.6) is 0 Å². The molecule has 1 atom stereocenters. The Morgan fingerprint density at radius 1 is 1.21 bits per heavy atom. The Hall–Kier alpha value is -2.21. The van der Waals surface area contributed by atoms with Gasteiger partial charge in [0.2, 0.25) is 11.8 Å². The van der Waals surface area contributed by atoms with Crippen LogP contribution in [0.2, 0.25) is 0 Å². The summed E-state index contributed by atoms with van der Waals surface area (Å²) in [7, 11) is 0. The van der Waals surface area contributed by atoms with Gasteiger partial charge in [0.1, 0.15) is 5.82 Å². The van der Waals surface area contributed by atoms with Crippen molar-refractivity contribution < 1.29 is 9.59 Å². The number of piperidine rings is 1. The first-order valence-electron chi connectivity index (χ1n) is 9.77. The van der Waals surface area contributed by atoms with Crippen molar-refractivity contribution in [2.45, 2.75) is 38.0 Å². The molecule has 28 heavy (non-hydrogen) atoms. The van der Waals surface area contributed by atoms with E-state index < -0.39 is 5.41 Å². The van der Waals surface area contributed by atoms with Crippen LogP contribution in [0.3, 0.4) is 0 Å². The van der Waals surface area contributed by atoms with Gasteiger partial charge >= 0.3 is 0 Å². The number of likely N-dealkylation sites (tertiary alicyclic amines) is 1. The van der Waals surface area contributed by atoms with Crippen molar-refractivity contribution in [2.75, 3.05) is 18.4 Å². The second-order valence-electron chi connectivity index (χ2n) is 7.86. The fraction of sp³-hybridized carbons (Fsp3) is 0.409. The number of nitrogens with one attached hydrogen (secondary N) is 1. The van der Waals surface area contributed by atoms with Crippen LogP contribution < -0.4 is 5.32 Å². The average molecular weight is 442 g/mol. The summed E-state index contributed by atoms with van der Waals surface area (Å²) >= 11 is 3.60. The molecule has 2 fully saturated rings. The molecule has 1 saturated carbocycles. The summed E-state index contributed by atoms with van der Waals surface area (Å²) in [5.41, 5.74) is 1.70. The minimum absolute atomic E-state index is 0.0559. The fourth-order valence-corrected chi connectivity index (χ4v) is 4.69. The number of anilines is 1. The minimum atomic E-state index is -0.420. The van der Waals surface area contributed by atoms with Gasteiger partial charge in [-0.15, -0.1) is 0 Å². The first kappa shape index (κ1) is 19.1. The summed E-state index contributed by atoms with van der Waals surface area (Å²) < 4.78 is 0.984. The van der Waals surface area contributed by atoms with Crippen molar-refractivity contribution in [1.82, 2.24) is 9.88 Å². The lowest BCUT2D eigenvalue weighted by atomic mass is 9.91. The lowest BCUT2D eigenvalue weighted by Gasteiger charge is -2.35. The van der Waals surface area contributed by atoms with Crippen LogP contribution in [-0.2, 0) is 15.0 Å². The molecule has 0 radical (unpaired) electrons. The molecule has 1 aliphatic heterocycles. The molecule has 2 heterocycles. The SMILES string of the molecule is Cc1ccc(NC(=O)C2CCCN(C(=O)C3(c4ccccc4Br)CC3)C2)nc1. The highest BCUT2D eigenvalue weighted by Gasteiger charge is 2.54. The summed E-state index contributed by atoms with van der Waals surface area (Å²) in [6.45, 7) is 3.16. The second kappa shape index (κ2) is 7.66. The number of aromatic nitrogens is 1. The highest BCUT2D eigenvalue weighted by atomic mass is 79.9. The van der Waals surface area contributed by atoms with Crippen LogP contribution in [0.1, 0.15) is 36.8 Å². The van der Waals surface area contributed by atoms with Crippen LogP contribution in [-0.4, -0.2) is 34.8 Å². The van der Waals surface area contributed by atoms with E-state index >= 15 is 0 Å². The summed E-state index contributed by atoms with van der Waals surface area (Å²) in [5, 5.41) is 2.90. The Bertz CT molecular complexity index is 893. The number of aryl methyl sites for hydroxylation is 1. The zero-order chi connectivity index (χ0) is 19.7. The molecular weight excluding hydrogens is 418 g/mol. The first-order chi connectivity index (χ1) is 13.5. The number of benzene rings is 1. The van der Waals surface area contributed by atoms with Crippen molar-refractivity contribution in [1.29, 1.82) is 0 Å². The largest absolute Gasteiger partial charge is 0.341 e. The van der Waals surface area contributed by atoms with Gasteiger partial charge in [0.05, 0.1) is 11.3 Å².